The van der Waals surface area contributed by atoms with Crippen molar-refractivity contribution in [2.24, 2.45) is 0 Å². The number of benzene rings is 2. The minimum atomic E-state index is -0.213. The van der Waals surface area contributed by atoms with Gasteiger partial charge < -0.3 is 15.4 Å². The van der Waals surface area contributed by atoms with Gasteiger partial charge in [0.05, 0.1) is 17.8 Å². The molecule has 27 heavy (non-hydrogen) atoms. The van der Waals surface area contributed by atoms with Crippen LogP contribution in [0.2, 0.25) is 0 Å². The smallest absolute Gasteiger partial charge is 0.319 e. The molecule has 2 amide bonds. The summed E-state index contributed by atoms with van der Waals surface area (Å²) in [6.45, 7) is 6.67. The van der Waals surface area contributed by atoms with E-state index in [1.807, 2.05) is 44.2 Å². The maximum absolute atomic E-state index is 12.5. The number of nitrogens with one attached hydrogen (secondary N) is 2. The first kappa shape index (κ1) is 19.2. The van der Waals surface area contributed by atoms with Gasteiger partial charge in [0, 0.05) is 6.54 Å². The van der Waals surface area contributed by atoms with Crippen LogP contribution in [0.3, 0.4) is 0 Å². The summed E-state index contributed by atoms with van der Waals surface area (Å²) in [5.41, 5.74) is 1.92. The topological polar surface area (TPSA) is 53.6 Å². The number of anilines is 1. The third-order valence-electron chi connectivity index (χ3n) is 4.72. The molecule has 0 bridgehead atoms. The number of amides is 2. The van der Waals surface area contributed by atoms with Gasteiger partial charge in [0.2, 0.25) is 0 Å². The molecule has 0 spiro atoms. The Kier molecular flexibility index (Phi) is 6.71. The predicted octanol–water partition coefficient (Wildman–Crippen LogP) is 4.43. The number of likely N-dealkylation sites (tertiary alicyclic amines) is 1. The summed E-state index contributed by atoms with van der Waals surface area (Å²) in [6.07, 6.45) is 2.49. The van der Waals surface area contributed by atoms with E-state index in [1.165, 1.54) is 18.4 Å². The summed E-state index contributed by atoms with van der Waals surface area (Å²) in [7, 11) is 0. The number of ether oxygens (including phenoxy) is 1. The molecule has 0 radical (unpaired) electrons. The monoisotopic (exact) mass is 367 g/mol. The molecule has 3 rings (SSSR count). The minimum Gasteiger partial charge on any atom is -0.489 e. The first-order valence-electron chi connectivity index (χ1n) is 9.73. The summed E-state index contributed by atoms with van der Waals surface area (Å²) in [4.78, 5) is 15.0. The van der Waals surface area contributed by atoms with Gasteiger partial charge in [0.1, 0.15) is 5.75 Å². The number of urea groups is 1. The van der Waals surface area contributed by atoms with Gasteiger partial charge >= 0.3 is 6.03 Å². The van der Waals surface area contributed by atoms with Crippen LogP contribution in [0.5, 0.6) is 5.75 Å². The highest BCUT2D eigenvalue weighted by atomic mass is 16.5. The van der Waals surface area contributed by atoms with E-state index < -0.39 is 0 Å². The lowest BCUT2D eigenvalue weighted by atomic mass is 10.1. The van der Waals surface area contributed by atoms with Crippen LogP contribution in [0.4, 0.5) is 10.5 Å². The Labute approximate surface area is 161 Å². The zero-order valence-electron chi connectivity index (χ0n) is 16.2. The number of carbonyl (C=O) groups is 1. The molecule has 1 aliphatic rings. The van der Waals surface area contributed by atoms with Crippen molar-refractivity contribution in [1.82, 2.24) is 10.2 Å². The third-order valence-corrected chi connectivity index (χ3v) is 4.72. The van der Waals surface area contributed by atoms with Gasteiger partial charge in [-0.1, -0.05) is 42.5 Å². The zero-order valence-corrected chi connectivity index (χ0v) is 16.2. The van der Waals surface area contributed by atoms with E-state index in [2.05, 4.69) is 39.8 Å². The van der Waals surface area contributed by atoms with Crippen molar-refractivity contribution < 1.29 is 9.53 Å². The van der Waals surface area contributed by atoms with E-state index in [0.29, 0.717) is 18.0 Å². The van der Waals surface area contributed by atoms with Crippen LogP contribution in [0.25, 0.3) is 0 Å². The fourth-order valence-corrected chi connectivity index (χ4v) is 3.47. The van der Waals surface area contributed by atoms with Crippen LogP contribution in [-0.4, -0.2) is 36.7 Å². The van der Waals surface area contributed by atoms with E-state index in [9.17, 15) is 4.79 Å². The Bertz CT molecular complexity index is 727. The van der Waals surface area contributed by atoms with Gasteiger partial charge in [-0.15, -0.1) is 0 Å². The van der Waals surface area contributed by atoms with Crippen molar-refractivity contribution in [3.05, 3.63) is 60.2 Å². The fourth-order valence-electron chi connectivity index (χ4n) is 3.47. The SMILES string of the molecule is CC(C)Oc1ccccc1NC(=O)NCC(c1ccccc1)N1CCCC1. The number of nitrogens with zero attached hydrogens (tertiary/aromatic N) is 1. The summed E-state index contributed by atoms with van der Waals surface area (Å²) in [6, 6.07) is 17.9. The molecule has 1 unspecified atom stereocenters. The lowest BCUT2D eigenvalue weighted by Crippen LogP contribution is -2.38. The molecule has 1 heterocycles. The number of hydrogen-bond acceptors (Lipinski definition) is 3. The first-order chi connectivity index (χ1) is 13.1. The predicted molar refractivity (Wildman–Crippen MR) is 109 cm³/mol. The van der Waals surface area contributed by atoms with Crippen LogP contribution in [-0.2, 0) is 0 Å². The largest absolute Gasteiger partial charge is 0.489 e. The van der Waals surface area contributed by atoms with Crippen molar-refractivity contribution in [3.8, 4) is 5.75 Å². The Morgan fingerprint density at radius 1 is 1.04 bits per heavy atom. The summed E-state index contributed by atoms with van der Waals surface area (Å²) in [5.74, 6) is 0.682. The van der Waals surface area contributed by atoms with Crippen molar-refractivity contribution >= 4 is 11.7 Å². The van der Waals surface area contributed by atoms with Crippen molar-refractivity contribution in [3.63, 3.8) is 0 Å². The molecule has 5 nitrogen and oxygen atoms in total. The van der Waals surface area contributed by atoms with Crippen LogP contribution in [0.1, 0.15) is 38.3 Å². The molecule has 2 N–H and O–H groups in total. The highest BCUT2D eigenvalue weighted by molar-refractivity contribution is 5.90. The molecule has 2 aromatic rings. The normalized spacial score (nSPS) is 15.5. The molecule has 1 aliphatic heterocycles. The lowest BCUT2D eigenvalue weighted by Gasteiger charge is -2.28. The van der Waals surface area contributed by atoms with Crippen molar-refractivity contribution in [2.75, 3.05) is 25.0 Å². The van der Waals surface area contributed by atoms with Crippen LogP contribution in [0, 0.1) is 0 Å². The summed E-state index contributed by atoms with van der Waals surface area (Å²) < 4.78 is 5.77. The summed E-state index contributed by atoms with van der Waals surface area (Å²) in [5, 5.41) is 5.96. The maximum atomic E-state index is 12.5. The Morgan fingerprint density at radius 2 is 1.70 bits per heavy atom. The molecular formula is C22H29N3O2. The zero-order chi connectivity index (χ0) is 19.1. The van der Waals surface area contributed by atoms with Crippen LogP contribution in [0.15, 0.2) is 54.6 Å². The number of carbonyl (C=O) groups excluding carboxylic acids is 1. The number of para-hydroxylation sites is 2. The second-order valence-corrected chi connectivity index (χ2v) is 7.17. The van der Waals surface area contributed by atoms with Crippen LogP contribution >= 0.6 is 0 Å². The van der Waals surface area contributed by atoms with Gasteiger partial charge in [-0.05, 0) is 57.5 Å². The number of rotatable bonds is 7. The molecule has 0 aromatic heterocycles. The highest BCUT2D eigenvalue weighted by Crippen LogP contribution is 2.26. The molecule has 1 saturated heterocycles. The van der Waals surface area contributed by atoms with Gasteiger partial charge in [-0.25, -0.2) is 4.79 Å². The van der Waals surface area contributed by atoms with E-state index in [4.69, 9.17) is 4.74 Å². The maximum Gasteiger partial charge on any atom is 0.319 e. The van der Waals surface area contributed by atoms with Crippen molar-refractivity contribution in [1.29, 1.82) is 0 Å². The van der Waals surface area contributed by atoms with Gasteiger partial charge in [-0.2, -0.15) is 0 Å². The second-order valence-electron chi connectivity index (χ2n) is 7.17. The average molecular weight is 367 g/mol. The highest BCUT2D eigenvalue weighted by Gasteiger charge is 2.23. The first-order valence-corrected chi connectivity index (χ1v) is 9.73. The molecule has 144 valence electrons. The Hall–Kier alpha value is -2.53. The van der Waals surface area contributed by atoms with E-state index in [1.54, 1.807) is 0 Å². The minimum absolute atomic E-state index is 0.0497. The van der Waals surface area contributed by atoms with Gasteiger partial charge in [0.25, 0.3) is 0 Å². The summed E-state index contributed by atoms with van der Waals surface area (Å²) >= 11 is 0. The van der Waals surface area contributed by atoms with Gasteiger partial charge in [0.15, 0.2) is 0 Å². The van der Waals surface area contributed by atoms with Crippen LogP contribution < -0.4 is 15.4 Å². The van der Waals surface area contributed by atoms with Gasteiger partial charge in [-0.3, -0.25) is 4.90 Å². The van der Waals surface area contributed by atoms with E-state index in [-0.39, 0.29) is 18.2 Å². The molecule has 0 saturated carbocycles. The molecule has 0 aliphatic carbocycles. The molecular weight excluding hydrogens is 338 g/mol. The Morgan fingerprint density at radius 3 is 2.41 bits per heavy atom. The fraction of sp³-hybridized carbons (Fsp3) is 0.409. The van der Waals surface area contributed by atoms with E-state index >= 15 is 0 Å². The van der Waals surface area contributed by atoms with Crippen molar-refractivity contribution in [2.45, 2.75) is 38.8 Å². The molecule has 5 heteroatoms. The standard InChI is InChI=1S/C22H29N3O2/c1-17(2)27-21-13-7-6-12-19(21)24-22(26)23-16-20(25-14-8-9-15-25)18-10-4-3-5-11-18/h3-7,10-13,17,20H,8-9,14-16H2,1-2H3,(H2,23,24,26). The number of hydrogen-bond donors (Lipinski definition) is 2. The average Bonchev–Trinajstić information content (AvgIpc) is 3.18. The molecule has 1 atom stereocenters. The third kappa shape index (κ3) is 5.47. The lowest BCUT2D eigenvalue weighted by molar-refractivity contribution is 0.227. The van der Waals surface area contributed by atoms with E-state index in [0.717, 1.165) is 13.1 Å². The Balaban J connectivity index is 1.63. The molecule has 2 aromatic carbocycles. The quantitative estimate of drug-likeness (QED) is 0.761. The molecule has 1 fully saturated rings. The second kappa shape index (κ2) is 9.42.